The van der Waals surface area contributed by atoms with Gasteiger partial charge in [0.15, 0.2) is 5.82 Å². The van der Waals surface area contributed by atoms with Crippen molar-refractivity contribution >= 4 is 75.2 Å². The van der Waals surface area contributed by atoms with Gasteiger partial charge in [-0.3, -0.25) is 23.9 Å². The molecule has 3 heterocycles. The Balaban J connectivity index is 1.22. The Hall–Kier alpha value is -4.06. The zero-order valence-corrected chi connectivity index (χ0v) is 28.5. The van der Waals surface area contributed by atoms with Crippen molar-refractivity contribution in [3.05, 3.63) is 103 Å². The fourth-order valence-electron chi connectivity index (χ4n) is 6.11. The van der Waals surface area contributed by atoms with Gasteiger partial charge in [0.25, 0.3) is 11.8 Å². The number of carbonyl (C=O) groups is 3. The van der Waals surface area contributed by atoms with E-state index in [4.69, 9.17) is 23.2 Å². The van der Waals surface area contributed by atoms with Crippen LogP contribution >= 0.6 is 45.8 Å². The van der Waals surface area contributed by atoms with Crippen molar-refractivity contribution in [2.75, 3.05) is 4.90 Å². The number of hydrogen-bond donors (Lipinski definition) is 2. The molecule has 7 rings (SSSR count). The molecule has 0 bridgehead atoms. The highest BCUT2D eigenvalue weighted by Crippen LogP contribution is 2.48. The molecule has 238 valence electrons. The summed E-state index contributed by atoms with van der Waals surface area (Å²) in [7, 11) is 0. The van der Waals surface area contributed by atoms with E-state index in [1.54, 1.807) is 37.4 Å². The van der Waals surface area contributed by atoms with Gasteiger partial charge in [0.05, 0.1) is 44.8 Å². The smallest absolute Gasteiger partial charge is 0.270 e. The molecule has 4 aromatic rings. The molecular formula is C33H25Cl2FIN7O3. The van der Waals surface area contributed by atoms with Crippen LogP contribution in [0.2, 0.25) is 10.0 Å². The van der Waals surface area contributed by atoms with Gasteiger partial charge in [-0.05, 0) is 97.2 Å². The van der Waals surface area contributed by atoms with E-state index in [9.17, 15) is 24.0 Å². The van der Waals surface area contributed by atoms with Gasteiger partial charge < -0.3 is 10.6 Å². The minimum absolute atomic E-state index is 0.0609. The second-order valence-corrected chi connectivity index (χ2v) is 14.4. The lowest BCUT2D eigenvalue weighted by Gasteiger charge is -2.27. The molecule has 2 N–H and O–H groups in total. The van der Waals surface area contributed by atoms with Crippen LogP contribution in [0.3, 0.4) is 0 Å². The van der Waals surface area contributed by atoms with Crippen LogP contribution in [0, 0.1) is 20.7 Å². The third-order valence-corrected chi connectivity index (χ3v) is 10.2. The topological polar surface area (TPSA) is 133 Å². The predicted octanol–water partition coefficient (Wildman–Crippen LogP) is 5.90. The molecule has 1 aliphatic heterocycles. The molecule has 47 heavy (non-hydrogen) atoms. The van der Waals surface area contributed by atoms with E-state index in [-0.39, 0.29) is 39.7 Å². The summed E-state index contributed by atoms with van der Waals surface area (Å²) in [6.07, 6.45) is 5.61. The lowest BCUT2D eigenvalue weighted by Crippen LogP contribution is -2.52. The van der Waals surface area contributed by atoms with Gasteiger partial charge in [-0.2, -0.15) is 5.26 Å². The summed E-state index contributed by atoms with van der Waals surface area (Å²) in [6, 6.07) is 15.2. The first kappa shape index (κ1) is 31.5. The monoisotopic (exact) mass is 783 g/mol. The van der Waals surface area contributed by atoms with E-state index < -0.39 is 34.2 Å². The molecule has 0 unspecified atom stereocenters. The third-order valence-electron chi connectivity index (χ3n) is 9.05. The predicted molar refractivity (Wildman–Crippen MR) is 180 cm³/mol. The fraction of sp³-hybridized carbons (Fsp3) is 0.273. The lowest BCUT2D eigenvalue weighted by molar-refractivity contribution is -0.125. The van der Waals surface area contributed by atoms with Crippen LogP contribution in [0.15, 0.2) is 60.9 Å². The fourth-order valence-corrected chi connectivity index (χ4v) is 6.90. The Kier molecular flexibility index (Phi) is 7.57. The van der Waals surface area contributed by atoms with Gasteiger partial charge in [0.2, 0.25) is 11.9 Å². The standard InChI is InChI=1S/C33H25Cl2FIN7O3/c1-31(14-18-2-4-19(15-38)5-3-18)29(47)43(21-12-22(34)26(36)23(35)13-21)30-40-17-24(44(30)31)27(45)41-33(10-11-33)28(46)42-32(8-9-32)25-7-6-20(37)16-39-25/h2-7,12-13,16-17H,8-11,14H2,1H3,(H,41,45)(H,42,46)/t31-/m1/s1. The lowest BCUT2D eigenvalue weighted by atomic mass is 9.91. The second-order valence-electron chi connectivity index (χ2n) is 12.3. The average Bonchev–Trinajstić information content (AvgIpc) is 3.95. The van der Waals surface area contributed by atoms with Crippen LogP contribution in [-0.4, -0.2) is 37.8 Å². The summed E-state index contributed by atoms with van der Waals surface area (Å²) in [5.41, 5.74) is -0.894. The third kappa shape index (κ3) is 5.34. The zero-order chi connectivity index (χ0) is 33.3. The van der Waals surface area contributed by atoms with Gasteiger partial charge in [-0.1, -0.05) is 35.3 Å². The first-order chi connectivity index (χ1) is 22.4. The Morgan fingerprint density at radius 3 is 2.28 bits per heavy atom. The molecule has 2 fully saturated rings. The van der Waals surface area contributed by atoms with Gasteiger partial charge in [-0.15, -0.1) is 0 Å². The van der Waals surface area contributed by atoms with Crippen molar-refractivity contribution in [2.24, 2.45) is 0 Å². The molecule has 0 saturated heterocycles. The molecule has 3 aliphatic rings. The highest BCUT2D eigenvalue weighted by molar-refractivity contribution is 14.1. The number of rotatable bonds is 8. The number of pyridine rings is 1. The van der Waals surface area contributed by atoms with E-state index in [1.807, 2.05) is 12.1 Å². The van der Waals surface area contributed by atoms with Crippen molar-refractivity contribution in [1.29, 1.82) is 5.26 Å². The minimum atomic E-state index is -1.40. The number of hydrogen-bond acceptors (Lipinski definition) is 6. The molecule has 3 amide bonds. The SMILES string of the molecule is C[C@@]1(Cc2ccc(C#N)cc2)C(=O)N(c2cc(Cl)c(F)c(Cl)c2)c2ncc(C(=O)NC3(C(=O)NC4(c5ccc(I)cn5)CC4)CC3)n21. The number of nitrogens with one attached hydrogen (secondary N) is 2. The first-order valence-corrected chi connectivity index (χ1v) is 16.6. The number of carbonyl (C=O) groups excluding carboxylic acids is 3. The van der Waals surface area contributed by atoms with Gasteiger partial charge >= 0.3 is 0 Å². The Morgan fingerprint density at radius 1 is 1.02 bits per heavy atom. The Labute approximate surface area is 292 Å². The molecule has 2 aliphatic carbocycles. The molecule has 2 saturated carbocycles. The maximum Gasteiger partial charge on any atom is 0.270 e. The summed E-state index contributed by atoms with van der Waals surface area (Å²) in [4.78, 5) is 52.2. The van der Waals surface area contributed by atoms with E-state index in [1.165, 1.54) is 27.8 Å². The molecule has 14 heteroatoms. The largest absolute Gasteiger partial charge is 0.343 e. The van der Waals surface area contributed by atoms with E-state index in [0.29, 0.717) is 18.4 Å². The average molecular weight is 784 g/mol. The zero-order valence-electron chi connectivity index (χ0n) is 24.8. The van der Waals surface area contributed by atoms with Crippen molar-refractivity contribution in [3.8, 4) is 6.07 Å². The number of aromatic nitrogens is 3. The Bertz CT molecular complexity index is 2000. The van der Waals surface area contributed by atoms with Gasteiger partial charge in [-0.25, -0.2) is 14.3 Å². The summed E-state index contributed by atoms with van der Waals surface area (Å²) in [5.74, 6) is -2.06. The van der Waals surface area contributed by atoms with Crippen molar-refractivity contribution in [2.45, 2.75) is 55.6 Å². The van der Waals surface area contributed by atoms with Crippen molar-refractivity contribution in [1.82, 2.24) is 25.2 Å². The number of nitrogens with zero attached hydrogens (tertiary/aromatic N) is 5. The molecule has 2 aromatic heterocycles. The van der Waals surface area contributed by atoms with Gasteiger partial charge in [0.1, 0.15) is 16.8 Å². The molecule has 10 nitrogen and oxygen atoms in total. The number of anilines is 2. The summed E-state index contributed by atoms with van der Waals surface area (Å²) < 4.78 is 16.9. The van der Waals surface area contributed by atoms with Crippen LogP contribution < -0.4 is 15.5 Å². The molecular weight excluding hydrogens is 759 g/mol. The summed E-state index contributed by atoms with van der Waals surface area (Å²) >= 11 is 14.4. The maximum absolute atomic E-state index is 14.3. The summed E-state index contributed by atoms with van der Waals surface area (Å²) in [6.45, 7) is 1.67. The minimum Gasteiger partial charge on any atom is -0.343 e. The van der Waals surface area contributed by atoms with Crippen molar-refractivity contribution < 1.29 is 18.8 Å². The van der Waals surface area contributed by atoms with Crippen LogP contribution in [0.5, 0.6) is 0 Å². The van der Waals surface area contributed by atoms with Crippen LogP contribution in [-0.2, 0) is 27.1 Å². The van der Waals surface area contributed by atoms with E-state index in [0.717, 1.165) is 27.7 Å². The first-order valence-electron chi connectivity index (χ1n) is 14.7. The number of fused-ring (bicyclic) bond motifs is 1. The van der Waals surface area contributed by atoms with Crippen molar-refractivity contribution in [3.63, 3.8) is 0 Å². The highest BCUT2D eigenvalue weighted by atomic mass is 127. The van der Waals surface area contributed by atoms with Gasteiger partial charge in [0, 0.05) is 16.2 Å². The number of imidazole rings is 1. The molecule has 1 atom stereocenters. The summed E-state index contributed by atoms with van der Waals surface area (Å²) in [5, 5.41) is 14.8. The van der Waals surface area contributed by atoms with Crippen LogP contribution in [0.1, 0.15) is 59.9 Å². The number of nitriles is 1. The molecule has 0 radical (unpaired) electrons. The second kappa shape index (κ2) is 11.3. The van der Waals surface area contributed by atoms with E-state index in [2.05, 4.69) is 49.3 Å². The van der Waals surface area contributed by atoms with Crippen LogP contribution in [0.25, 0.3) is 0 Å². The quantitative estimate of drug-likeness (QED) is 0.169. The number of benzene rings is 2. The number of halogens is 4. The normalized spacial score (nSPS) is 19.9. The maximum atomic E-state index is 14.3. The number of amides is 3. The highest BCUT2D eigenvalue weighted by Gasteiger charge is 2.57. The molecule has 0 spiro atoms. The van der Waals surface area contributed by atoms with E-state index >= 15 is 0 Å². The Morgan fingerprint density at radius 2 is 1.70 bits per heavy atom. The molecule has 2 aromatic carbocycles. The van der Waals surface area contributed by atoms with Crippen LogP contribution in [0.4, 0.5) is 16.0 Å².